The minimum Gasteiger partial charge on any atom is -1.00 e. The Balaban J connectivity index is 0.00000121. The lowest BCUT2D eigenvalue weighted by Gasteiger charge is -2.18. The van der Waals surface area contributed by atoms with Gasteiger partial charge in [-0.25, -0.2) is 0 Å². The van der Waals surface area contributed by atoms with E-state index in [-0.39, 0.29) is 34.0 Å². The minimum atomic E-state index is 0. The summed E-state index contributed by atoms with van der Waals surface area (Å²) in [6.07, 6.45) is 14.1. The Morgan fingerprint density at radius 2 is 1.50 bits per heavy atom. The van der Waals surface area contributed by atoms with Crippen molar-refractivity contribution in [2.75, 3.05) is 0 Å². The third-order valence-electron chi connectivity index (χ3n) is 3.92. The molecule has 3 rings (SSSR count). The SMILES string of the molecule is C=C(C1CCC=C([n+]2ccccc2)C1)[n+]1ccccc1.[Br-].[Br-]. The van der Waals surface area contributed by atoms with Crippen molar-refractivity contribution >= 4 is 11.4 Å². The highest BCUT2D eigenvalue weighted by Gasteiger charge is 2.28. The van der Waals surface area contributed by atoms with Gasteiger partial charge in [0, 0.05) is 30.7 Å². The van der Waals surface area contributed by atoms with E-state index in [1.165, 1.54) is 17.8 Å². The molecule has 0 radical (unpaired) electrons. The Hall–Kier alpha value is -1.26. The molecule has 2 heterocycles. The van der Waals surface area contributed by atoms with E-state index < -0.39 is 0 Å². The monoisotopic (exact) mass is 422 g/mol. The Morgan fingerprint density at radius 3 is 2.14 bits per heavy atom. The molecule has 0 N–H and O–H groups in total. The average Bonchev–Trinajstić information content (AvgIpc) is 2.56. The van der Waals surface area contributed by atoms with Crippen molar-refractivity contribution in [2.24, 2.45) is 5.92 Å². The van der Waals surface area contributed by atoms with E-state index in [1.54, 1.807) is 0 Å². The summed E-state index contributed by atoms with van der Waals surface area (Å²) in [5, 5.41) is 0. The standard InChI is InChI=1S/C18H20N2.2BrH/c1-16(19-11-4-2-5-12-19)17-9-8-10-18(15-17)20-13-6-3-7-14-20;;/h2-7,10-14,17H,1,8-9,15H2;2*1H/q+2;;/p-2. The fourth-order valence-corrected chi connectivity index (χ4v) is 2.78. The van der Waals surface area contributed by atoms with Gasteiger partial charge < -0.3 is 34.0 Å². The van der Waals surface area contributed by atoms with Crippen molar-refractivity contribution in [1.29, 1.82) is 0 Å². The Bertz CT molecular complexity index is 624. The molecule has 0 saturated heterocycles. The van der Waals surface area contributed by atoms with Crippen molar-refractivity contribution in [3.63, 3.8) is 0 Å². The van der Waals surface area contributed by atoms with E-state index in [0.29, 0.717) is 5.92 Å². The van der Waals surface area contributed by atoms with Crippen molar-refractivity contribution < 1.29 is 43.1 Å². The summed E-state index contributed by atoms with van der Waals surface area (Å²) in [6, 6.07) is 12.3. The Labute approximate surface area is 153 Å². The lowest BCUT2D eigenvalue weighted by atomic mass is 9.89. The van der Waals surface area contributed by atoms with Crippen molar-refractivity contribution in [2.45, 2.75) is 19.3 Å². The van der Waals surface area contributed by atoms with Gasteiger partial charge in [-0.15, -0.1) is 0 Å². The maximum absolute atomic E-state index is 4.30. The van der Waals surface area contributed by atoms with Crippen LogP contribution < -0.4 is 43.1 Å². The predicted molar refractivity (Wildman–Crippen MR) is 80.2 cm³/mol. The second-order valence-electron chi connectivity index (χ2n) is 5.23. The van der Waals surface area contributed by atoms with Crippen molar-refractivity contribution in [3.05, 3.63) is 73.8 Å². The molecule has 0 fully saturated rings. The molecular weight excluding hydrogens is 404 g/mol. The van der Waals surface area contributed by atoms with Crippen LogP contribution in [0, 0.1) is 5.92 Å². The van der Waals surface area contributed by atoms with Gasteiger partial charge in [-0.2, -0.15) is 9.13 Å². The molecule has 0 aromatic carbocycles. The van der Waals surface area contributed by atoms with E-state index in [4.69, 9.17) is 0 Å². The number of pyridine rings is 2. The van der Waals surface area contributed by atoms with E-state index >= 15 is 0 Å². The normalized spacial score (nSPS) is 16.7. The van der Waals surface area contributed by atoms with Crippen LogP contribution in [0.15, 0.2) is 73.8 Å². The zero-order valence-electron chi connectivity index (χ0n) is 12.4. The molecule has 22 heavy (non-hydrogen) atoms. The van der Waals surface area contributed by atoms with Crippen LogP contribution in [-0.4, -0.2) is 0 Å². The summed E-state index contributed by atoms with van der Waals surface area (Å²) in [4.78, 5) is 0. The maximum atomic E-state index is 4.30. The molecule has 1 atom stereocenters. The summed E-state index contributed by atoms with van der Waals surface area (Å²) >= 11 is 0. The summed E-state index contributed by atoms with van der Waals surface area (Å²) in [5.41, 5.74) is 2.56. The van der Waals surface area contributed by atoms with Crippen LogP contribution in [0.2, 0.25) is 0 Å². The van der Waals surface area contributed by atoms with Crippen LogP contribution in [-0.2, 0) is 0 Å². The first-order valence-electron chi connectivity index (χ1n) is 7.16. The molecule has 0 amide bonds. The Morgan fingerprint density at radius 1 is 0.909 bits per heavy atom. The molecule has 1 aliphatic carbocycles. The molecule has 4 heteroatoms. The summed E-state index contributed by atoms with van der Waals surface area (Å²) in [6.45, 7) is 4.30. The number of halogens is 2. The number of nitrogens with zero attached hydrogens (tertiary/aromatic N) is 2. The molecule has 2 aromatic rings. The van der Waals surface area contributed by atoms with Crippen LogP contribution in [0.5, 0.6) is 0 Å². The zero-order valence-corrected chi connectivity index (χ0v) is 15.6. The fourth-order valence-electron chi connectivity index (χ4n) is 2.78. The zero-order chi connectivity index (χ0) is 13.8. The average molecular weight is 424 g/mol. The third kappa shape index (κ3) is 4.37. The van der Waals surface area contributed by atoms with Gasteiger partial charge in [-0.05, 0) is 25.5 Å². The Kier molecular flexibility index (Phi) is 7.69. The van der Waals surface area contributed by atoms with Crippen LogP contribution >= 0.6 is 0 Å². The van der Waals surface area contributed by atoms with Gasteiger partial charge in [0.1, 0.15) is 0 Å². The highest BCUT2D eigenvalue weighted by Crippen LogP contribution is 2.28. The minimum absolute atomic E-state index is 0. The second kappa shape index (κ2) is 9.01. The first-order chi connectivity index (χ1) is 9.84. The van der Waals surface area contributed by atoms with E-state index in [0.717, 1.165) is 12.8 Å². The van der Waals surface area contributed by atoms with Crippen LogP contribution in [0.4, 0.5) is 0 Å². The number of rotatable bonds is 3. The molecule has 0 spiro atoms. The van der Waals surface area contributed by atoms with E-state index in [1.807, 2.05) is 6.07 Å². The van der Waals surface area contributed by atoms with Gasteiger partial charge in [0.25, 0.3) is 0 Å². The third-order valence-corrected chi connectivity index (χ3v) is 3.92. The largest absolute Gasteiger partial charge is 1.00 e. The van der Waals surface area contributed by atoms with Gasteiger partial charge >= 0.3 is 0 Å². The maximum Gasteiger partial charge on any atom is 0.183 e. The molecule has 0 bridgehead atoms. The van der Waals surface area contributed by atoms with Gasteiger partial charge in [0.2, 0.25) is 0 Å². The van der Waals surface area contributed by atoms with Gasteiger partial charge in [-0.3, -0.25) is 0 Å². The fraction of sp³-hybridized carbons (Fsp3) is 0.222. The van der Waals surface area contributed by atoms with Gasteiger partial charge in [0.05, 0.1) is 5.92 Å². The molecular formula is C18H20Br2N2. The molecule has 1 aliphatic rings. The molecule has 116 valence electrons. The smallest absolute Gasteiger partial charge is 0.183 e. The lowest BCUT2D eigenvalue weighted by Crippen LogP contribution is -3.00. The van der Waals surface area contributed by atoms with E-state index in [2.05, 4.69) is 76.9 Å². The van der Waals surface area contributed by atoms with Crippen LogP contribution in [0.25, 0.3) is 11.4 Å². The number of aromatic nitrogens is 2. The van der Waals surface area contributed by atoms with Crippen LogP contribution in [0.1, 0.15) is 19.3 Å². The van der Waals surface area contributed by atoms with Crippen molar-refractivity contribution in [3.8, 4) is 0 Å². The van der Waals surface area contributed by atoms with E-state index in [9.17, 15) is 0 Å². The molecule has 1 unspecified atom stereocenters. The van der Waals surface area contributed by atoms with Gasteiger partial charge in [-0.1, -0.05) is 12.1 Å². The first kappa shape index (κ1) is 18.8. The second-order valence-corrected chi connectivity index (χ2v) is 5.23. The molecule has 0 aliphatic heterocycles. The predicted octanol–water partition coefficient (Wildman–Crippen LogP) is -2.92. The quantitative estimate of drug-likeness (QED) is 0.467. The summed E-state index contributed by atoms with van der Waals surface area (Å²) in [5.74, 6) is 0.509. The van der Waals surface area contributed by atoms with Crippen LogP contribution in [0.3, 0.4) is 0 Å². The lowest BCUT2D eigenvalue weighted by molar-refractivity contribution is -0.592. The molecule has 0 saturated carbocycles. The van der Waals surface area contributed by atoms with Gasteiger partial charge in [0.15, 0.2) is 36.2 Å². The molecule has 2 nitrogen and oxygen atoms in total. The van der Waals surface area contributed by atoms with Crippen molar-refractivity contribution in [1.82, 2.24) is 0 Å². The number of hydrogen-bond acceptors (Lipinski definition) is 0. The number of allylic oxidation sites excluding steroid dienone is 3. The molecule has 2 aromatic heterocycles. The highest BCUT2D eigenvalue weighted by atomic mass is 79.9. The first-order valence-corrected chi connectivity index (χ1v) is 7.16. The highest BCUT2D eigenvalue weighted by molar-refractivity contribution is 5.43. The topological polar surface area (TPSA) is 7.76 Å². The number of hydrogen-bond donors (Lipinski definition) is 0. The summed E-state index contributed by atoms with van der Waals surface area (Å²) in [7, 11) is 0. The summed E-state index contributed by atoms with van der Waals surface area (Å²) < 4.78 is 4.36.